The van der Waals surface area contributed by atoms with Gasteiger partial charge in [0, 0.05) is 0 Å². The summed E-state index contributed by atoms with van der Waals surface area (Å²) in [6.07, 6.45) is 1.33. The van der Waals surface area contributed by atoms with Crippen LogP contribution in [0.2, 0.25) is 10.0 Å². The van der Waals surface area contributed by atoms with Crippen LogP contribution in [0.4, 0.5) is 0 Å². The third-order valence-electron chi connectivity index (χ3n) is 5.65. The van der Waals surface area contributed by atoms with E-state index in [2.05, 4.69) is 25.9 Å². The molecule has 0 aliphatic heterocycles. The van der Waals surface area contributed by atoms with Gasteiger partial charge >= 0.3 is 5.97 Å². The summed E-state index contributed by atoms with van der Waals surface area (Å²) in [7, 11) is 1.60. The largest absolute Gasteiger partial charge is 0.493 e. The summed E-state index contributed by atoms with van der Waals surface area (Å²) >= 11 is 12.0. The fourth-order valence-electron chi connectivity index (χ4n) is 3.43. The third-order valence-corrected chi connectivity index (χ3v) is 6.39. The lowest BCUT2D eigenvalue weighted by molar-refractivity contribution is 0.0515. The number of carbonyl (C=O) groups excluding carboxylic acids is 1. The maximum absolute atomic E-state index is 12.3. The van der Waals surface area contributed by atoms with Gasteiger partial charge in [0.1, 0.15) is 6.61 Å². The highest BCUT2D eigenvalue weighted by atomic mass is 35.5. The van der Waals surface area contributed by atoms with Crippen LogP contribution in [0.15, 0.2) is 65.8 Å². The number of nitrogens with zero attached hydrogens (tertiary/aromatic N) is 1. The zero-order valence-electron chi connectivity index (χ0n) is 21.2. The predicted molar refractivity (Wildman–Crippen MR) is 146 cm³/mol. The van der Waals surface area contributed by atoms with Crippen LogP contribution in [0.25, 0.3) is 0 Å². The number of hydrogen-bond donors (Lipinski definition) is 0. The molecule has 0 aliphatic rings. The van der Waals surface area contributed by atoms with Gasteiger partial charge in [0.15, 0.2) is 11.5 Å². The number of methoxy groups -OCH3 is 1. The number of halogens is 2. The molecular weight excluding hydrogens is 497 g/mol. The van der Waals surface area contributed by atoms with Crippen LogP contribution in [-0.4, -0.2) is 18.8 Å². The van der Waals surface area contributed by atoms with Gasteiger partial charge in [-0.1, -0.05) is 73.4 Å². The van der Waals surface area contributed by atoms with Crippen molar-refractivity contribution in [3.05, 3.63) is 93.0 Å². The van der Waals surface area contributed by atoms with Gasteiger partial charge in [-0.25, -0.2) is 4.79 Å². The highest BCUT2D eigenvalue weighted by Crippen LogP contribution is 2.30. The zero-order chi connectivity index (χ0) is 26.3. The average Bonchev–Trinajstić information content (AvgIpc) is 2.86. The van der Waals surface area contributed by atoms with Crippen LogP contribution >= 0.6 is 23.2 Å². The Kier molecular flexibility index (Phi) is 9.41. The number of ether oxygens (including phenoxy) is 2. The Bertz CT molecular complexity index is 1230. The summed E-state index contributed by atoms with van der Waals surface area (Å²) in [5, 5.41) is 5.01. The van der Waals surface area contributed by atoms with Gasteiger partial charge in [0.05, 0.1) is 28.4 Å². The van der Waals surface area contributed by atoms with Gasteiger partial charge in [-0.3, -0.25) is 0 Å². The Morgan fingerprint density at radius 3 is 2.22 bits per heavy atom. The molecule has 0 unspecified atom stereocenters. The third kappa shape index (κ3) is 7.74. The van der Waals surface area contributed by atoms with Gasteiger partial charge in [-0.05, 0) is 78.3 Å². The van der Waals surface area contributed by atoms with Crippen molar-refractivity contribution in [3.63, 3.8) is 0 Å². The smallest absolute Gasteiger partial charge is 0.365 e. The lowest BCUT2D eigenvalue weighted by Crippen LogP contribution is -2.11. The molecular formula is C29H31Cl2NO4. The highest BCUT2D eigenvalue weighted by Gasteiger charge is 2.15. The molecule has 0 aliphatic carbocycles. The van der Waals surface area contributed by atoms with E-state index in [1.165, 1.54) is 0 Å². The molecule has 0 saturated carbocycles. The van der Waals surface area contributed by atoms with Crippen molar-refractivity contribution in [2.75, 3.05) is 7.11 Å². The molecule has 0 saturated heterocycles. The van der Waals surface area contributed by atoms with Crippen molar-refractivity contribution in [2.24, 2.45) is 5.16 Å². The Hall–Kier alpha value is -3.02. The van der Waals surface area contributed by atoms with Crippen LogP contribution in [0.1, 0.15) is 61.2 Å². The molecule has 7 heteroatoms. The minimum Gasteiger partial charge on any atom is -0.493 e. The number of rotatable bonds is 9. The summed E-state index contributed by atoms with van der Waals surface area (Å²) in [5.74, 6) is 0.788. The van der Waals surface area contributed by atoms with E-state index < -0.39 is 5.97 Å². The van der Waals surface area contributed by atoms with Crippen LogP contribution < -0.4 is 9.47 Å². The summed E-state index contributed by atoms with van der Waals surface area (Å²) in [5.41, 5.74) is 4.32. The maximum Gasteiger partial charge on any atom is 0.365 e. The Balaban J connectivity index is 1.54. The van der Waals surface area contributed by atoms with Crippen molar-refractivity contribution >= 4 is 34.9 Å². The maximum atomic E-state index is 12.3. The SMILES string of the molecule is COc1cc(CC/C(C)=N/OC(=O)c2ccc(C(C)(C)C)cc2)ccc1OCc1ccc(Cl)c(Cl)c1. The van der Waals surface area contributed by atoms with Gasteiger partial charge in [0.2, 0.25) is 0 Å². The van der Waals surface area contributed by atoms with Gasteiger partial charge in [-0.2, -0.15) is 0 Å². The lowest BCUT2D eigenvalue weighted by atomic mass is 9.87. The zero-order valence-corrected chi connectivity index (χ0v) is 22.7. The number of carbonyl (C=O) groups is 1. The average molecular weight is 528 g/mol. The second-order valence-corrected chi connectivity index (χ2v) is 10.4. The van der Waals surface area contributed by atoms with Crippen LogP contribution in [0.5, 0.6) is 11.5 Å². The summed E-state index contributed by atoms with van der Waals surface area (Å²) in [4.78, 5) is 17.5. The molecule has 0 bridgehead atoms. The summed E-state index contributed by atoms with van der Waals surface area (Å²) < 4.78 is 11.4. The molecule has 190 valence electrons. The molecule has 3 rings (SSSR count). The molecule has 36 heavy (non-hydrogen) atoms. The molecule has 0 fully saturated rings. The van der Waals surface area contributed by atoms with Crippen molar-refractivity contribution in [3.8, 4) is 11.5 Å². The normalized spacial score (nSPS) is 11.8. The van der Waals surface area contributed by atoms with E-state index >= 15 is 0 Å². The quantitative estimate of drug-likeness (QED) is 0.160. The molecule has 3 aromatic carbocycles. The van der Waals surface area contributed by atoms with Gasteiger partial charge < -0.3 is 14.3 Å². The first-order valence-electron chi connectivity index (χ1n) is 11.7. The second-order valence-electron chi connectivity index (χ2n) is 9.56. The molecule has 0 atom stereocenters. The van der Waals surface area contributed by atoms with Crippen molar-refractivity contribution in [1.82, 2.24) is 0 Å². The number of benzene rings is 3. The van der Waals surface area contributed by atoms with Crippen LogP contribution in [-0.2, 0) is 23.3 Å². The fraction of sp³-hybridized carbons (Fsp3) is 0.310. The Morgan fingerprint density at radius 1 is 0.889 bits per heavy atom. The van der Waals surface area contributed by atoms with Crippen molar-refractivity contribution < 1.29 is 19.1 Å². The first-order valence-corrected chi connectivity index (χ1v) is 12.4. The van der Waals surface area contributed by atoms with E-state index in [0.29, 0.717) is 52.3 Å². The standard InChI is InChI=1S/C29H31Cl2NO4/c1-19(32-36-28(33)22-10-12-23(13-11-22)29(2,3)4)6-7-20-9-15-26(27(17-20)34-5)35-18-21-8-14-24(30)25(31)16-21/h8-17H,6-7,18H2,1-5H3/b32-19+. The molecule has 0 spiro atoms. The van der Waals surface area contributed by atoms with E-state index in [-0.39, 0.29) is 5.41 Å². The summed E-state index contributed by atoms with van der Waals surface area (Å²) in [6.45, 7) is 8.55. The van der Waals surface area contributed by atoms with E-state index in [0.717, 1.165) is 16.7 Å². The van der Waals surface area contributed by atoms with Gasteiger partial charge in [-0.15, -0.1) is 0 Å². The predicted octanol–water partition coefficient (Wildman–Crippen LogP) is 8.04. The number of aryl methyl sites for hydroxylation is 1. The van der Waals surface area contributed by atoms with Crippen molar-refractivity contribution in [1.29, 1.82) is 0 Å². The molecule has 0 aromatic heterocycles. The topological polar surface area (TPSA) is 57.1 Å². The van der Waals surface area contributed by atoms with E-state index in [1.807, 2.05) is 43.3 Å². The summed E-state index contributed by atoms with van der Waals surface area (Å²) in [6, 6.07) is 18.6. The van der Waals surface area contributed by atoms with Crippen LogP contribution in [0, 0.1) is 0 Å². The molecule has 0 heterocycles. The molecule has 0 N–H and O–H groups in total. The van der Waals surface area contributed by atoms with Gasteiger partial charge in [0.25, 0.3) is 0 Å². The molecule has 5 nitrogen and oxygen atoms in total. The first-order chi connectivity index (χ1) is 17.1. The van der Waals surface area contributed by atoms with E-state index in [9.17, 15) is 4.79 Å². The first kappa shape index (κ1) is 27.6. The number of oxime groups is 1. The molecule has 0 radical (unpaired) electrons. The minimum absolute atomic E-state index is 0.0230. The lowest BCUT2D eigenvalue weighted by Gasteiger charge is -2.18. The van der Waals surface area contributed by atoms with E-state index in [1.54, 1.807) is 31.4 Å². The minimum atomic E-state index is -0.472. The fourth-order valence-corrected chi connectivity index (χ4v) is 3.75. The van der Waals surface area contributed by atoms with Crippen molar-refractivity contribution in [2.45, 2.75) is 52.6 Å². The van der Waals surface area contributed by atoms with E-state index in [4.69, 9.17) is 37.5 Å². The Morgan fingerprint density at radius 2 is 1.58 bits per heavy atom. The number of hydrogen-bond acceptors (Lipinski definition) is 5. The highest BCUT2D eigenvalue weighted by molar-refractivity contribution is 6.42. The van der Waals surface area contributed by atoms with Crippen LogP contribution in [0.3, 0.4) is 0 Å². The molecule has 0 amide bonds. The monoisotopic (exact) mass is 527 g/mol. The second kappa shape index (κ2) is 12.3. The molecule has 3 aromatic rings. The Labute approximate surface area is 223 Å².